The van der Waals surface area contributed by atoms with Crippen LogP contribution in [0.25, 0.3) is 11.8 Å². The van der Waals surface area contributed by atoms with E-state index in [1.54, 1.807) is 6.92 Å². The van der Waals surface area contributed by atoms with Gasteiger partial charge in [-0.05, 0) is 47.2 Å². The lowest BCUT2D eigenvalue weighted by atomic mass is 9.91. The molecule has 0 saturated carbocycles. The summed E-state index contributed by atoms with van der Waals surface area (Å²) in [6.07, 6.45) is 3.01. The van der Waals surface area contributed by atoms with Gasteiger partial charge < -0.3 is 4.90 Å². The highest BCUT2D eigenvalue weighted by Crippen LogP contribution is 2.24. The Morgan fingerprint density at radius 2 is 1.83 bits per heavy atom. The SMILES string of the molecule is Cc1nnnn1/C(=C/c1ccccc1)C(=O)N1C[C@H](C)C[C@@H](C)C1. The fourth-order valence-corrected chi connectivity index (χ4v) is 3.37. The molecule has 0 radical (unpaired) electrons. The molecule has 2 atom stereocenters. The number of hydrogen-bond donors (Lipinski definition) is 0. The number of carbonyl (C=O) groups excluding carboxylic acids is 1. The van der Waals surface area contributed by atoms with Gasteiger partial charge in [0, 0.05) is 13.1 Å². The summed E-state index contributed by atoms with van der Waals surface area (Å²) in [5.74, 6) is 1.59. The summed E-state index contributed by atoms with van der Waals surface area (Å²) in [7, 11) is 0. The lowest BCUT2D eigenvalue weighted by molar-refractivity contribution is -0.128. The van der Waals surface area contributed by atoms with Gasteiger partial charge in [-0.2, -0.15) is 4.68 Å². The average molecular weight is 325 g/mol. The van der Waals surface area contributed by atoms with E-state index in [1.165, 1.54) is 4.68 Å². The monoisotopic (exact) mass is 325 g/mol. The summed E-state index contributed by atoms with van der Waals surface area (Å²) in [4.78, 5) is 15.1. The first-order chi connectivity index (χ1) is 11.5. The molecule has 6 heteroatoms. The molecule has 0 unspecified atom stereocenters. The molecule has 0 spiro atoms. The van der Waals surface area contributed by atoms with Crippen molar-refractivity contribution in [1.29, 1.82) is 0 Å². The van der Waals surface area contributed by atoms with E-state index >= 15 is 0 Å². The van der Waals surface area contributed by atoms with Crippen molar-refractivity contribution in [3.05, 3.63) is 41.7 Å². The highest BCUT2D eigenvalue weighted by molar-refractivity contribution is 6.18. The van der Waals surface area contributed by atoms with Crippen LogP contribution in [0, 0.1) is 18.8 Å². The molecular weight excluding hydrogens is 302 g/mol. The number of aryl methyl sites for hydroxylation is 1. The minimum atomic E-state index is -0.0207. The molecule has 1 aromatic carbocycles. The Labute approximate surface area is 142 Å². The Hall–Kier alpha value is -2.50. The number of carbonyl (C=O) groups is 1. The van der Waals surface area contributed by atoms with Gasteiger partial charge in [0.15, 0.2) is 5.82 Å². The lowest BCUT2D eigenvalue weighted by Gasteiger charge is -2.35. The van der Waals surface area contributed by atoms with Gasteiger partial charge in [-0.15, -0.1) is 5.10 Å². The van der Waals surface area contributed by atoms with Crippen molar-refractivity contribution >= 4 is 17.7 Å². The second kappa shape index (κ2) is 6.95. The predicted octanol–water partition coefficient (Wildman–Crippen LogP) is 2.48. The Morgan fingerprint density at radius 1 is 1.17 bits per heavy atom. The molecule has 1 aliphatic rings. The van der Waals surface area contributed by atoms with Crippen molar-refractivity contribution in [2.75, 3.05) is 13.1 Å². The van der Waals surface area contributed by atoms with Gasteiger partial charge in [0.1, 0.15) is 5.70 Å². The first kappa shape index (κ1) is 16.4. The molecule has 0 N–H and O–H groups in total. The topological polar surface area (TPSA) is 63.9 Å². The summed E-state index contributed by atoms with van der Waals surface area (Å²) < 4.78 is 1.53. The van der Waals surface area contributed by atoms with Crippen molar-refractivity contribution < 1.29 is 4.79 Å². The maximum Gasteiger partial charge on any atom is 0.272 e. The number of tetrazole rings is 1. The van der Waals surface area contributed by atoms with E-state index in [0.29, 0.717) is 23.4 Å². The van der Waals surface area contributed by atoms with Crippen LogP contribution in [-0.2, 0) is 4.79 Å². The Balaban J connectivity index is 1.97. The number of amides is 1. The van der Waals surface area contributed by atoms with E-state index in [-0.39, 0.29) is 5.91 Å². The highest BCUT2D eigenvalue weighted by Gasteiger charge is 2.29. The fourth-order valence-electron chi connectivity index (χ4n) is 3.37. The second-order valence-corrected chi connectivity index (χ2v) is 6.73. The lowest BCUT2D eigenvalue weighted by Crippen LogP contribution is -2.43. The van der Waals surface area contributed by atoms with E-state index in [2.05, 4.69) is 29.4 Å². The maximum atomic E-state index is 13.2. The predicted molar refractivity (Wildman–Crippen MR) is 92.7 cm³/mol. The maximum absolute atomic E-state index is 13.2. The number of benzene rings is 1. The standard InChI is InChI=1S/C18H23N5O/c1-13-9-14(2)12-22(11-13)18(24)17(23-15(3)19-20-21-23)10-16-7-5-4-6-8-16/h4-8,10,13-14H,9,11-12H2,1-3H3/b17-10+/t13-,14-/m1/s1. The van der Waals surface area contributed by atoms with Gasteiger partial charge in [-0.1, -0.05) is 44.2 Å². The molecule has 24 heavy (non-hydrogen) atoms. The Kier molecular flexibility index (Phi) is 4.74. The summed E-state index contributed by atoms with van der Waals surface area (Å²) in [5.41, 5.74) is 1.44. The number of piperidine rings is 1. The summed E-state index contributed by atoms with van der Waals surface area (Å²) >= 11 is 0. The highest BCUT2D eigenvalue weighted by atomic mass is 16.2. The van der Waals surface area contributed by atoms with Crippen molar-refractivity contribution in [2.45, 2.75) is 27.2 Å². The smallest absolute Gasteiger partial charge is 0.272 e. The fraction of sp³-hybridized carbons (Fsp3) is 0.444. The van der Waals surface area contributed by atoms with Gasteiger partial charge in [0.05, 0.1) is 0 Å². The van der Waals surface area contributed by atoms with Crippen LogP contribution < -0.4 is 0 Å². The molecule has 1 fully saturated rings. The second-order valence-electron chi connectivity index (χ2n) is 6.73. The van der Waals surface area contributed by atoms with Gasteiger partial charge in [-0.25, -0.2) is 0 Å². The van der Waals surface area contributed by atoms with Crippen LogP contribution >= 0.6 is 0 Å². The molecule has 1 aliphatic heterocycles. The van der Waals surface area contributed by atoms with Crippen LogP contribution in [0.15, 0.2) is 30.3 Å². The normalized spacial score (nSPS) is 21.8. The largest absolute Gasteiger partial charge is 0.337 e. The molecule has 2 heterocycles. The summed E-state index contributed by atoms with van der Waals surface area (Å²) in [6.45, 7) is 7.73. The summed E-state index contributed by atoms with van der Waals surface area (Å²) in [6, 6.07) is 9.79. The minimum Gasteiger partial charge on any atom is -0.337 e. The Morgan fingerprint density at radius 3 is 2.42 bits per heavy atom. The molecule has 3 rings (SSSR count). The summed E-state index contributed by atoms with van der Waals surface area (Å²) in [5, 5.41) is 11.6. The van der Waals surface area contributed by atoms with Crippen molar-refractivity contribution in [1.82, 2.24) is 25.1 Å². The number of likely N-dealkylation sites (tertiary alicyclic amines) is 1. The molecule has 126 valence electrons. The third kappa shape index (κ3) is 3.53. The van der Waals surface area contributed by atoms with E-state index < -0.39 is 0 Å². The first-order valence-electron chi connectivity index (χ1n) is 8.36. The van der Waals surface area contributed by atoms with Crippen LogP contribution in [0.3, 0.4) is 0 Å². The van der Waals surface area contributed by atoms with Crippen LogP contribution in [-0.4, -0.2) is 44.1 Å². The zero-order valence-corrected chi connectivity index (χ0v) is 14.4. The van der Waals surface area contributed by atoms with Crippen LogP contribution in [0.5, 0.6) is 0 Å². The molecular formula is C18H23N5O. The molecule has 1 saturated heterocycles. The van der Waals surface area contributed by atoms with Gasteiger partial charge in [0.2, 0.25) is 0 Å². The molecule has 2 aromatic rings. The molecule has 1 amide bonds. The van der Waals surface area contributed by atoms with Gasteiger partial charge in [-0.3, -0.25) is 4.79 Å². The first-order valence-corrected chi connectivity index (χ1v) is 8.36. The van der Waals surface area contributed by atoms with Gasteiger partial charge in [0.25, 0.3) is 5.91 Å². The van der Waals surface area contributed by atoms with E-state index in [9.17, 15) is 4.79 Å². The third-order valence-electron chi connectivity index (χ3n) is 4.33. The number of hydrogen-bond acceptors (Lipinski definition) is 4. The van der Waals surface area contributed by atoms with E-state index in [0.717, 1.165) is 25.1 Å². The zero-order chi connectivity index (χ0) is 17.1. The van der Waals surface area contributed by atoms with E-state index in [4.69, 9.17) is 0 Å². The van der Waals surface area contributed by atoms with Crippen LogP contribution in [0.4, 0.5) is 0 Å². The quantitative estimate of drug-likeness (QED) is 0.813. The van der Waals surface area contributed by atoms with Crippen molar-refractivity contribution in [2.24, 2.45) is 11.8 Å². The van der Waals surface area contributed by atoms with Crippen molar-refractivity contribution in [3.8, 4) is 0 Å². The third-order valence-corrected chi connectivity index (χ3v) is 4.33. The van der Waals surface area contributed by atoms with Crippen molar-refractivity contribution in [3.63, 3.8) is 0 Å². The molecule has 1 aromatic heterocycles. The minimum absolute atomic E-state index is 0.0207. The average Bonchev–Trinajstić information content (AvgIpc) is 2.98. The number of aromatic nitrogens is 4. The molecule has 0 aliphatic carbocycles. The van der Waals surface area contributed by atoms with E-state index in [1.807, 2.05) is 41.3 Å². The molecule has 0 bridgehead atoms. The molecule has 6 nitrogen and oxygen atoms in total. The number of rotatable bonds is 3. The zero-order valence-electron chi connectivity index (χ0n) is 14.4. The van der Waals surface area contributed by atoms with Crippen LogP contribution in [0.1, 0.15) is 31.7 Å². The van der Waals surface area contributed by atoms with Crippen LogP contribution in [0.2, 0.25) is 0 Å². The Bertz CT molecular complexity index is 727. The van der Waals surface area contributed by atoms with Gasteiger partial charge >= 0.3 is 0 Å². The number of nitrogens with zero attached hydrogens (tertiary/aromatic N) is 5.